The van der Waals surface area contributed by atoms with Crippen molar-refractivity contribution in [3.05, 3.63) is 0 Å². The van der Waals surface area contributed by atoms with Gasteiger partial charge in [0.15, 0.2) is 18.9 Å². The van der Waals surface area contributed by atoms with Crippen molar-refractivity contribution in [3.8, 4) is 0 Å². The second kappa shape index (κ2) is 13.4. The van der Waals surface area contributed by atoms with Gasteiger partial charge in [-0.05, 0) is 6.92 Å². The van der Waals surface area contributed by atoms with Crippen LogP contribution in [0.4, 0.5) is 0 Å². The van der Waals surface area contributed by atoms with Crippen molar-refractivity contribution < 1.29 is 74.1 Å². The fraction of sp³-hybridized carbons (Fsp3) is 0.909. The zero-order valence-electron chi connectivity index (χ0n) is 21.5. The van der Waals surface area contributed by atoms with Crippen molar-refractivity contribution in [2.24, 2.45) is 0 Å². The van der Waals surface area contributed by atoms with Gasteiger partial charge in [-0.25, -0.2) is 0 Å². The van der Waals surface area contributed by atoms with Gasteiger partial charge in [0.2, 0.25) is 11.8 Å². The van der Waals surface area contributed by atoms with Gasteiger partial charge >= 0.3 is 0 Å². The third-order valence-corrected chi connectivity index (χ3v) is 6.84. The van der Waals surface area contributed by atoms with Gasteiger partial charge in [0, 0.05) is 13.8 Å². The first-order valence-corrected chi connectivity index (χ1v) is 12.4. The molecule has 0 aliphatic carbocycles. The van der Waals surface area contributed by atoms with Crippen molar-refractivity contribution >= 4 is 11.8 Å². The molecule has 3 saturated heterocycles. The highest BCUT2D eigenvalue weighted by molar-refractivity contribution is 5.73. The summed E-state index contributed by atoms with van der Waals surface area (Å²) in [5, 5.41) is 86.9. The van der Waals surface area contributed by atoms with Crippen molar-refractivity contribution in [2.45, 2.75) is 113 Å². The maximum absolute atomic E-state index is 11.8. The minimum atomic E-state index is -1.78. The van der Waals surface area contributed by atoms with Crippen LogP contribution < -0.4 is 10.6 Å². The van der Waals surface area contributed by atoms with E-state index in [0.717, 1.165) is 13.8 Å². The number of hydrogen-bond donors (Lipinski definition) is 10. The van der Waals surface area contributed by atoms with Crippen molar-refractivity contribution in [1.82, 2.24) is 10.6 Å². The Hall–Kier alpha value is -1.58. The van der Waals surface area contributed by atoms with E-state index in [0.29, 0.717) is 0 Å². The third-order valence-electron chi connectivity index (χ3n) is 6.84. The number of ether oxygens (including phenoxy) is 5. The number of hydrogen-bond acceptors (Lipinski definition) is 15. The third kappa shape index (κ3) is 7.20. The lowest BCUT2D eigenvalue weighted by molar-refractivity contribution is -0.342. The Labute approximate surface area is 223 Å². The second-order valence-corrected chi connectivity index (χ2v) is 9.83. The Bertz CT molecular complexity index is 837. The second-order valence-electron chi connectivity index (χ2n) is 9.83. The van der Waals surface area contributed by atoms with Gasteiger partial charge in [-0.15, -0.1) is 0 Å². The lowest BCUT2D eigenvalue weighted by atomic mass is 9.95. The molecule has 0 radical (unpaired) electrons. The van der Waals surface area contributed by atoms with E-state index in [2.05, 4.69) is 10.6 Å². The van der Waals surface area contributed by atoms with Crippen LogP contribution >= 0.6 is 0 Å². The molecule has 3 heterocycles. The first kappa shape index (κ1) is 31.9. The van der Waals surface area contributed by atoms with Gasteiger partial charge < -0.3 is 75.2 Å². The standard InChI is InChI=1S/C22H38N2O15/c1-6-13(28)17(32)18(33)22(36-6)39-19-12(24-8(3)27)20(34)37-10(15(19)30)5-35-21-11(23-7(2)26)16(31)14(29)9(4-25)38-21/h6,9-22,25,28-34H,4-5H2,1-3H3,(H,23,26)(H,24,27)/t6-,9-,10-,11-,12-,13+,14-,15+,16-,17+,18-,19-,20+,21-,22+/m1/s1. The molecule has 39 heavy (non-hydrogen) atoms. The van der Waals surface area contributed by atoms with E-state index in [1.807, 2.05) is 0 Å². The highest BCUT2D eigenvalue weighted by Gasteiger charge is 2.51. The van der Waals surface area contributed by atoms with E-state index < -0.39 is 117 Å². The molecule has 0 aromatic heterocycles. The average molecular weight is 571 g/mol. The number of carbonyl (C=O) groups is 2. The molecule has 10 N–H and O–H groups in total. The van der Waals surface area contributed by atoms with Crippen LogP contribution in [0.3, 0.4) is 0 Å². The summed E-state index contributed by atoms with van der Waals surface area (Å²) in [6.07, 6.45) is -19.6. The predicted octanol–water partition coefficient (Wildman–Crippen LogP) is -6.26. The molecule has 17 nitrogen and oxygen atoms in total. The van der Waals surface area contributed by atoms with Crippen LogP contribution in [0.5, 0.6) is 0 Å². The minimum absolute atomic E-state index is 0.557. The Morgan fingerprint density at radius 1 is 0.718 bits per heavy atom. The molecule has 0 saturated carbocycles. The number of amides is 2. The maximum atomic E-state index is 11.8. The summed E-state index contributed by atoms with van der Waals surface area (Å²) in [5.74, 6) is -1.21. The highest BCUT2D eigenvalue weighted by atomic mass is 16.7. The topological polar surface area (TPSA) is 266 Å². The summed E-state index contributed by atoms with van der Waals surface area (Å²) in [7, 11) is 0. The van der Waals surface area contributed by atoms with E-state index in [1.165, 1.54) is 6.92 Å². The molecule has 2 amide bonds. The van der Waals surface area contributed by atoms with Crippen LogP contribution in [0.25, 0.3) is 0 Å². The van der Waals surface area contributed by atoms with Crippen molar-refractivity contribution in [2.75, 3.05) is 13.2 Å². The van der Waals surface area contributed by atoms with Crippen LogP contribution in [0.2, 0.25) is 0 Å². The van der Waals surface area contributed by atoms with E-state index in [1.54, 1.807) is 0 Å². The molecule has 0 spiro atoms. The van der Waals surface area contributed by atoms with E-state index in [9.17, 15) is 50.4 Å². The van der Waals surface area contributed by atoms with Crippen LogP contribution in [0.1, 0.15) is 20.8 Å². The molecule has 0 aromatic carbocycles. The molecule has 0 bridgehead atoms. The van der Waals surface area contributed by atoms with Gasteiger partial charge in [-0.3, -0.25) is 9.59 Å². The number of aliphatic hydroxyl groups is 8. The Morgan fingerprint density at radius 3 is 1.92 bits per heavy atom. The first-order chi connectivity index (χ1) is 18.3. The lowest BCUT2D eigenvalue weighted by Crippen LogP contribution is -2.68. The summed E-state index contributed by atoms with van der Waals surface area (Å²) >= 11 is 0. The van der Waals surface area contributed by atoms with Crippen LogP contribution in [0, 0.1) is 0 Å². The quantitative estimate of drug-likeness (QED) is 0.130. The number of carbonyl (C=O) groups excluding carboxylic acids is 2. The molecule has 3 aliphatic rings. The SMILES string of the molecule is CC(=O)N[C@@H]1[C@@H](O[C@@H]2O[C@H](C)[C@H](O)[C@H](O)[C@H]2O)[C@@H](O)[C@@H](CO[C@@H]2O[C@H](CO)[C@@H](O)[C@H](O)[C@H]2NC(C)=O)O[C@@H]1O. The molecule has 15 atom stereocenters. The summed E-state index contributed by atoms with van der Waals surface area (Å²) < 4.78 is 27.6. The first-order valence-electron chi connectivity index (χ1n) is 12.4. The number of aliphatic hydroxyl groups excluding tert-OH is 8. The maximum Gasteiger partial charge on any atom is 0.217 e. The lowest BCUT2D eigenvalue weighted by Gasteiger charge is -2.47. The Morgan fingerprint density at radius 2 is 1.33 bits per heavy atom. The molecule has 17 heteroatoms. The van der Waals surface area contributed by atoms with Crippen molar-refractivity contribution in [3.63, 3.8) is 0 Å². The predicted molar refractivity (Wildman–Crippen MR) is 123 cm³/mol. The molecule has 0 aromatic rings. The normalized spacial score (nSPS) is 46.9. The van der Waals surface area contributed by atoms with Crippen LogP contribution in [-0.4, -0.2) is 158 Å². The van der Waals surface area contributed by atoms with Gasteiger partial charge in [0.1, 0.15) is 67.0 Å². The van der Waals surface area contributed by atoms with E-state index >= 15 is 0 Å². The van der Waals surface area contributed by atoms with E-state index in [-0.39, 0.29) is 0 Å². The van der Waals surface area contributed by atoms with Gasteiger partial charge in [-0.2, -0.15) is 0 Å². The number of rotatable bonds is 8. The summed E-state index contributed by atoms with van der Waals surface area (Å²) in [4.78, 5) is 23.4. The smallest absolute Gasteiger partial charge is 0.217 e. The molecular formula is C22H38N2O15. The summed E-state index contributed by atoms with van der Waals surface area (Å²) in [5.41, 5.74) is 0. The largest absolute Gasteiger partial charge is 0.394 e. The summed E-state index contributed by atoms with van der Waals surface area (Å²) in [6.45, 7) is 2.45. The molecule has 3 aliphatic heterocycles. The fourth-order valence-electron chi connectivity index (χ4n) is 4.70. The van der Waals surface area contributed by atoms with Crippen LogP contribution in [-0.2, 0) is 33.3 Å². The molecule has 226 valence electrons. The minimum Gasteiger partial charge on any atom is -0.394 e. The Kier molecular flexibility index (Phi) is 11.0. The van der Waals surface area contributed by atoms with Gasteiger partial charge in [0.25, 0.3) is 0 Å². The van der Waals surface area contributed by atoms with Gasteiger partial charge in [0.05, 0.1) is 19.3 Å². The van der Waals surface area contributed by atoms with Crippen LogP contribution in [0.15, 0.2) is 0 Å². The molecular weight excluding hydrogens is 532 g/mol. The molecule has 3 rings (SSSR count). The number of nitrogens with one attached hydrogen (secondary N) is 2. The molecule has 3 fully saturated rings. The molecule has 0 unspecified atom stereocenters. The highest BCUT2D eigenvalue weighted by Crippen LogP contribution is 2.30. The average Bonchev–Trinajstić information content (AvgIpc) is 2.87. The van der Waals surface area contributed by atoms with Gasteiger partial charge in [-0.1, -0.05) is 0 Å². The summed E-state index contributed by atoms with van der Waals surface area (Å²) in [6, 6.07) is -2.66. The fourth-order valence-corrected chi connectivity index (χ4v) is 4.70. The van der Waals surface area contributed by atoms with E-state index in [4.69, 9.17) is 23.7 Å². The monoisotopic (exact) mass is 570 g/mol. The Balaban J connectivity index is 1.77. The zero-order valence-corrected chi connectivity index (χ0v) is 21.5. The van der Waals surface area contributed by atoms with Crippen molar-refractivity contribution in [1.29, 1.82) is 0 Å². The zero-order chi connectivity index (χ0) is 29.2.